The molecule has 0 spiro atoms. The highest BCUT2D eigenvalue weighted by atomic mass is 16.5. The van der Waals surface area contributed by atoms with Crippen LogP contribution < -0.4 is 4.74 Å². The Morgan fingerprint density at radius 2 is 1.67 bits per heavy atom. The van der Waals surface area contributed by atoms with E-state index >= 15 is 0 Å². The van der Waals surface area contributed by atoms with Gasteiger partial charge < -0.3 is 14.5 Å². The zero-order chi connectivity index (χ0) is 23.2. The first-order valence-corrected chi connectivity index (χ1v) is 12.2. The first kappa shape index (κ1) is 22.0. The standard InChI is InChI=1S/C28H34N2O3/c1-19(31)29-22(16-20-10-5-4-6-11-20)23-18-28(2)25(29)14-9-15-26(28)30(23)27(32)17-21-12-7-8-13-24(21)33-3/h4-8,10-13,22-23,25-26H,9,14-18H2,1-3H3/t22-,23-,25+,26-,28+/m0/s1. The molecule has 2 bridgehead atoms. The van der Waals surface area contributed by atoms with Gasteiger partial charge in [0, 0.05) is 30.0 Å². The molecular formula is C28H34N2O3. The molecule has 2 aliphatic heterocycles. The molecule has 2 amide bonds. The van der Waals surface area contributed by atoms with Crippen molar-refractivity contribution >= 4 is 11.8 Å². The molecule has 33 heavy (non-hydrogen) atoms. The third kappa shape index (κ3) is 3.62. The molecule has 3 fully saturated rings. The summed E-state index contributed by atoms with van der Waals surface area (Å²) in [5.41, 5.74) is 2.10. The maximum absolute atomic E-state index is 13.9. The molecule has 2 saturated heterocycles. The van der Waals surface area contributed by atoms with Crippen molar-refractivity contribution in [2.24, 2.45) is 5.41 Å². The molecule has 3 aliphatic rings. The van der Waals surface area contributed by atoms with Crippen LogP contribution in [-0.4, -0.2) is 52.9 Å². The number of para-hydroxylation sites is 1. The minimum Gasteiger partial charge on any atom is -0.496 e. The number of hydrogen-bond acceptors (Lipinski definition) is 3. The Balaban J connectivity index is 1.53. The molecule has 0 N–H and O–H groups in total. The molecule has 5 heteroatoms. The predicted molar refractivity (Wildman–Crippen MR) is 128 cm³/mol. The number of rotatable bonds is 5. The highest BCUT2D eigenvalue weighted by Gasteiger charge is 2.64. The van der Waals surface area contributed by atoms with Gasteiger partial charge in [-0.15, -0.1) is 0 Å². The number of methoxy groups -OCH3 is 1. The summed E-state index contributed by atoms with van der Waals surface area (Å²) in [6.45, 7) is 4.02. The number of piperidine rings is 1. The molecule has 0 aromatic heterocycles. The summed E-state index contributed by atoms with van der Waals surface area (Å²) in [6.07, 6.45) is 5.18. The lowest BCUT2D eigenvalue weighted by Gasteiger charge is -2.52. The lowest BCUT2D eigenvalue weighted by molar-refractivity contribution is -0.143. The number of amides is 2. The van der Waals surface area contributed by atoms with Crippen LogP contribution in [0.1, 0.15) is 50.7 Å². The van der Waals surface area contributed by atoms with Crippen LogP contribution in [0.25, 0.3) is 0 Å². The van der Waals surface area contributed by atoms with Crippen molar-refractivity contribution in [3.05, 3.63) is 65.7 Å². The summed E-state index contributed by atoms with van der Waals surface area (Å²) in [5.74, 6) is 1.05. The zero-order valence-corrected chi connectivity index (χ0v) is 19.9. The number of ether oxygens (including phenoxy) is 1. The third-order valence-corrected chi connectivity index (χ3v) is 8.43. The van der Waals surface area contributed by atoms with Crippen LogP contribution in [0.3, 0.4) is 0 Å². The lowest BCUT2D eigenvalue weighted by atomic mass is 9.64. The van der Waals surface area contributed by atoms with E-state index in [1.54, 1.807) is 14.0 Å². The lowest BCUT2D eigenvalue weighted by Crippen LogP contribution is -2.62. The molecule has 174 valence electrons. The van der Waals surface area contributed by atoms with Crippen molar-refractivity contribution in [3.8, 4) is 5.75 Å². The fourth-order valence-electron chi connectivity index (χ4n) is 7.09. The van der Waals surface area contributed by atoms with E-state index in [1.165, 1.54) is 5.56 Å². The molecular weight excluding hydrogens is 412 g/mol. The highest BCUT2D eigenvalue weighted by Crippen LogP contribution is 2.56. The van der Waals surface area contributed by atoms with Crippen molar-refractivity contribution < 1.29 is 14.3 Å². The van der Waals surface area contributed by atoms with E-state index in [1.807, 2.05) is 30.3 Å². The van der Waals surface area contributed by atoms with Crippen LogP contribution in [0.5, 0.6) is 5.75 Å². The van der Waals surface area contributed by atoms with Crippen molar-refractivity contribution in [3.63, 3.8) is 0 Å². The number of nitrogens with zero attached hydrogens (tertiary/aromatic N) is 2. The Morgan fingerprint density at radius 3 is 2.36 bits per heavy atom. The average Bonchev–Trinajstić information content (AvgIpc) is 3.12. The summed E-state index contributed by atoms with van der Waals surface area (Å²) in [7, 11) is 1.65. The van der Waals surface area contributed by atoms with Crippen LogP contribution >= 0.6 is 0 Å². The Kier molecular flexibility index (Phi) is 5.67. The van der Waals surface area contributed by atoms with Crippen molar-refractivity contribution in [2.45, 2.75) is 76.5 Å². The fourth-order valence-corrected chi connectivity index (χ4v) is 7.09. The highest BCUT2D eigenvalue weighted by molar-refractivity contribution is 5.82. The first-order chi connectivity index (χ1) is 15.9. The average molecular weight is 447 g/mol. The van der Waals surface area contributed by atoms with Gasteiger partial charge in [-0.1, -0.05) is 55.5 Å². The molecule has 5 nitrogen and oxygen atoms in total. The Hall–Kier alpha value is -2.82. The monoisotopic (exact) mass is 446 g/mol. The topological polar surface area (TPSA) is 49.9 Å². The van der Waals surface area contributed by atoms with Gasteiger partial charge >= 0.3 is 0 Å². The van der Waals surface area contributed by atoms with Crippen LogP contribution in [0, 0.1) is 5.41 Å². The molecule has 2 aromatic carbocycles. The van der Waals surface area contributed by atoms with Gasteiger partial charge in [-0.25, -0.2) is 0 Å². The van der Waals surface area contributed by atoms with Crippen LogP contribution in [0.2, 0.25) is 0 Å². The fraction of sp³-hybridized carbons (Fsp3) is 0.500. The largest absolute Gasteiger partial charge is 0.496 e. The van der Waals surface area contributed by atoms with Crippen molar-refractivity contribution in [2.75, 3.05) is 7.11 Å². The van der Waals surface area contributed by atoms with E-state index in [9.17, 15) is 9.59 Å². The van der Waals surface area contributed by atoms with Gasteiger partial charge in [0.15, 0.2) is 0 Å². The van der Waals surface area contributed by atoms with E-state index in [4.69, 9.17) is 4.74 Å². The van der Waals surface area contributed by atoms with Crippen LogP contribution in [0.4, 0.5) is 0 Å². The van der Waals surface area contributed by atoms with Gasteiger partial charge in [0.1, 0.15) is 5.75 Å². The molecule has 2 aromatic rings. The van der Waals surface area contributed by atoms with Crippen LogP contribution in [-0.2, 0) is 22.4 Å². The van der Waals surface area contributed by atoms with Gasteiger partial charge in [-0.05, 0) is 43.7 Å². The molecule has 5 atom stereocenters. The Bertz CT molecular complexity index is 1040. The summed E-state index contributed by atoms with van der Waals surface area (Å²) in [4.78, 5) is 31.3. The Morgan fingerprint density at radius 1 is 1.00 bits per heavy atom. The summed E-state index contributed by atoms with van der Waals surface area (Å²) in [5, 5.41) is 0. The first-order valence-electron chi connectivity index (χ1n) is 12.2. The number of carbonyl (C=O) groups is 2. The van der Waals surface area contributed by atoms with Crippen LogP contribution in [0.15, 0.2) is 54.6 Å². The predicted octanol–water partition coefficient (Wildman–Crippen LogP) is 4.24. The van der Waals surface area contributed by atoms with Gasteiger partial charge in [-0.2, -0.15) is 0 Å². The second-order valence-electron chi connectivity index (χ2n) is 10.2. The van der Waals surface area contributed by atoms with Gasteiger partial charge in [0.05, 0.1) is 25.6 Å². The van der Waals surface area contributed by atoms with E-state index in [0.717, 1.165) is 43.4 Å². The van der Waals surface area contributed by atoms with Gasteiger partial charge in [0.2, 0.25) is 11.8 Å². The quantitative estimate of drug-likeness (QED) is 0.690. The molecule has 5 rings (SSSR count). The molecule has 1 saturated carbocycles. The van der Waals surface area contributed by atoms with E-state index in [2.05, 4.69) is 41.0 Å². The van der Waals surface area contributed by atoms with Crippen molar-refractivity contribution in [1.29, 1.82) is 0 Å². The second-order valence-corrected chi connectivity index (χ2v) is 10.2. The number of benzene rings is 2. The number of hydrogen-bond donors (Lipinski definition) is 0. The zero-order valence-electron chi connectivity index (χ0n) is 19.9. The minimum absolute atomic E-state index is 0.00712. The van der Waals surface area contributed by atoms with Crippen molar-refractivity contribution in [1.82, 2.24) is 9.80 Å². The summed E-state index contributed by atoms with van der Waals surface area (Å²) < 4.78 is 5.52. The summed E-state index contributed by atoms with van der Waals surface area (Å²) in [6, 6.07) is 18.6. The maximum Gasteiger partial charge on any atom is 0.227 e. The molecule has 0 radical (unpaired) electrons. The van der Waals surface area contributed by atoms with E-state index in [0.29, 0.717) is 6.42 Å². The van der Waals surface area contributed by atoms with E-state index < -0.39 is 0 Å². The number of likely N-dealkylation sites (tertiary alicyclic amines) is 2. The maximum atomic E-state index is 13.9. The molecule has 1 aliphatic carbocycles. The van der Waals surface area contributed by atoms with Gasteiger partial charge in [0.25, 0.3) is 0 Å². The van der Waals surface area contributed by atoms with Gasteiger partial charge in [-0.3, -0.25) is 9.59 Å². The van der Waals surface area contributed by atoms with E-state index in [-0.39, 0.29) is 41.4 Å². The SMILES string of the molecule is COc1ccccc1CC(=O)N1[C@H]2CCC[C@H]3N(C(C)=O)[C@@H](Cc4ccccc4)[C@@H]1C[C@@]23C. The number of carbonyl (C=O) groups excluding carboxylic acids is 2. The molecule has 0 unspecified atom stereocenters. The molecule has 2 heterocycles. The second kappa shape index (κ2) is 8.51. The minimum atomic E-state index is -0.0434. The third-order valence-electron chi connectivity index (χ3n) is 8.43. The summed E-state index contributed by atoms with van der Waals surface area (Å²) >= 11 is 0. The number of fused-ring (bicyclic) bond motifs is 1. The smallest absolute Gasteiger partial charge is 0.227 e. The normalized spacial score (nSPS) is 30.3. The Labute approximate surface area is 196 Å².